The van der Waals surface area contributed by atoms with E-state index < -0.39 is 17.7 Å². The first-order valence-corrected chi connectivity index (χ1v) is 11.5. The average molecular weight is 457 g/mol. The number of rotatable bonds is 8. The smallest absolute Gasteiger partial charge is 0.295 e. The number of unbranched alkanes of at least 4 members (excludes halogenated alkanes) is 1. The van der Waals surface area contributed by atoms with Crippen LogP contribution in [0.3, 0.4) is 0 Å². The SMILES string of the molecule is CCCCOc1ccc(/C(O)=C2\C(=O)C(=O)N(Cc3cccnc3)C2c2ccc(C)cc2)cc1. The average Bonchev–Trinajstić information content (AvgIpc) is 3.10. The minimum Gasteiger partial charge on any atom is -0.507 e. The summed E-state index contributed by atoms with van der Waals surface area (Å²) in [4.78, 5) is 31.9. The largest absolute Gasteiger partial charge is 0.507 e. The number of aromatic nitrogens is 1. The molecular weight excluding hydrogens is 428 g/mol. The Kier molecular flexibility index (Phi) is 7.07. The second-order valence-electron chi connectivity index (χ2n) is 8.43. The summed E-state index contributed by atoms with van der Waals surface area (Å²) in [6.07, 6.45) is 5.32. The van der Waals surface area contributed by atoms with Crippen LogP contribution < -0.4 is 4.74 Å². The molecule has 1 aromatic heterocycles. The highest BCUT2D eigenvalue weighted by Gasteiger charge is 2.46. The normalized spacial score (nSPS) is 17.2. The molecule has 1 saturated heterocycles. The monoisotopic (exact) mass is 456 g/mol. The van der Waals surface area contributed by atoms with E-state index in [0.29, 0.717) is 17.9 Å². The fourth-order valence-electron chi connectivity index (χ4n) is 4.03. The van der Waals surface area contributed by atoms with Crippen LogP contribution in [0.5, 0.6) is 5.75 Å². The van der Waals surface area contributed by atoms with Gasteiger partial charge in [-0.25, -0.2) is 0 Å². The van der Waals surface area contributed by atoms with Crippen LogP contribution in [0.1, 0.15) is 48.1 Å². The number of carbonyl (C=O) groups is 2. The number of aryl methyl sites for hydroxylation is 1. The lowest BCUT2D eigenvalue weighted by atomic mass is 9.94. The first-order chi connectivity index (χ1) is 16.5. The van der Waals surface area contributed by atoms with Crippen LogP contribution in [0.25, 0.3) is 5.76 Å². The number of ether oxygens (including phenoxy) is 1. The van der Waals surface area contributed by atoms with E-state index in [9.17, 15) is 14.7 Å². The Morgan fingerprint density at radius 3 is 2.44 bits per heavy atom. The van der Waals surface area contributed by atoms with Gasteiger partial charge in [0, 0.05) is 24.5 Å². The second-order valence-corrected chi connectivity index (χ2v) is 8.43. The molecule has 1 N–H and O–H groups in total. The number of ketones is 1. The molecule has 2 aromatic carbocycles. The summed E-state index contributed by atoms with van der Waals surface area (Å²) in [7, 11) is 0. The van der Waals surface area contributed by atoms with E-state index in [1.807, 2.05) is 37.3 Å². The van der Waals surface area contributed by atoms with Gasteiger partial charge in [-0.15, -0.1) is 0 Å². The van der Waals surface area contributed by atoms with Crippen LogP contribution in [0, 0.1) is 6.92 Å². The number of hydrogen-bond acceptors (Lipinski definition) is 5. The zero-order valence-electron chi connectivity index (χ0n) is 19.4. The maximum atomic E-state index is 13.2. The van der Waals surface area contributed by atoms with Gasteiger partial charge in [0.2, 0.25) is 0 Å². The fourth-order valence-corrected chi connectivity index (χ4v) is 4.03. The number of Topliss-reactive ketones (excluding diaryl/α,β-unsaturated/α-hetero) is 1. The molecule has 1 unspecified atom stereocenters. The maximum absolute atomic E-state index is 13.2. The Balaban J connectivity index is 1.74. The lowest BCUT2D eigenvalue weighted by Gasteiger charge is -2.25. The number of amides is 1. The Labute approximate surface area is 199 Å². The summed E-state index contributed by atoms with van der Waals surface area (Å²) < 4.78 is 5.70. The number of likely N-dealkylation sites (tertiary alicyclic amines) is 1. The summed E-state index contributed by atoms with van der Waals surface area (Å²) in [6, 6.07) is 17.5. The predicted octanol–water partition coefficient (Wildman–Crippen LogP) is 5.19. The van der Waals surface area contributed by atoms with Crippen LogP contribution >= 0.6 is 0 Å². The molecule has 3 aromatic rings. The van der Waals surface area contributed by atoms with Gasteiger partial charge in [-0.1, -0.05) is 49.2 Å². The highest BCUT2D eigenvalue weighted by atomic mass is 16.5. The fraction of sp³-hybridized carbons (Fsp3) is 0.250. The predicted molar refractivity (Wildman–Crippen MR) is 130 cm³/mol. The number of nitrogens with zero attached hydrogens (tertiary/aromatic N) is 2. The molecule has 6 heteroatoms. The van der Waals surface area contributed by atoms with Gasteiger partial charge in [0.25, 0.3) is 11.7 Å². The molecule has 0 radical (unpaired) electrons. The maximum Gasteiger partial charge on any atom is 0.295 e. The van der Waals surface area contributed by atoms with Crippen molar-refractivity contribution in [3.05, 3.63) is 101 Å². The van der Waals surface area contributed by atoms with Gasteiger partial charge in [-0.05, 0) is 54.8 Å². The zero-order chi connectivity index (χ0) is 24.1. The first kappa shape index (κ1) is 23.2. The Hall–Kier alpha value is -3.93. The number of aliphatic hydroxyl groups excluding tert-OH is 1. The number of aliphatic hydroxyl groups is 1. The lowest BCUT2D eigenvalue weighted by molar-refractivity contribution is -0.140. The molecule has 2 heterocycles. The Morgan fingerprint density at radius 2 is 1.79 bits per heavy atom. The lowest BCUT2D eigenvalue weighted by Crippen LogP contribution is -2.29. The number of pyridine rings is 1. The zero-order valence-corrected chi connectivity index (χ0v) is 19.4. The molecular formula is C28H28N2O4. The Bertz CT molecular complexity index is 1190. The van der Waals surface area contributed by atoms with Gasteiger partial charge < -0.3 is 14.7 Å². The molecule has 1 amide bonds. The molecule has 34 heavy (non-hydrogen) atoms. The third-order valence-corrected chi connectivity index (χ3v) is 5.90. The molecule has 174 valence electrons. The molecule has 0 saturated carbocycles. The van der Waals surface area contributed by atoms with E-state index >= 15 is 0 Å². The van der Waals surface area contributed by atoms with Gasteiger partial charge in [0.05, 0.1) is 18.2 Å². The standard InChI is InChI=1S/C28H28N2O4/c1-3-4-16-34-23-13-11-22(12-14-23)26(31)24-25(21-9-7-19(2)8-10-21)30(28(33)27(24)32)18-20-6-5-15-29-17-20/h5-15,17,25,31H,3-4,16,18H2,1-2H3/b26-24+. The number of carbonyl (C=O) groups excluding carboxylic acids is 2. The second kappa shape index (κ2) is 10.3. The summed E-state index contributed by atoms with van der Waals surface area (Å²) in [6.45, 7) is 4.89. The van der Waals surface area contributed by atoms with Gasteiger partial charge >= 0.3 is 0 Å². The highest BCUT2D eigenvalue weighted by Crippen LogP contribution is 2.40. The van der Waals surface area contributed by atoms with Crippen molar-refractivity contribution in [3.8, 4) is 5.75 Å². The van der Waals surface area contributed by atoms with Crippen LogP contribution in [-0.4, -0.2) is 33.3 Å². The van der Waals surface area contributed by atoms with E-state index in [1.54, 1.807) is 42.7 Å². The molecule has 0 aliphatic carbocycles. The van der Waals surface area contributed by atoms with Crippen molar-refractivity contribution in [1.82, 2.24) is 9.88 Å². The van der Waals surface area contributed by atoms with E-state index in [4.69, 9.17) is 4.74 Å². The van der Waals surface area contributed by atoms with E-state index in [0.717, 1.165) is 29.5 Å². The van der Waals surface area contributed by atoms with Gasteiger partial charge in [0.1, 0.15) is 11.5 Å². The number of benzene rings is 2. The minimum absolute atomic E-state index is 0.0809. The Morgan fingerprint density at radius 1 is 1.06 bits per heavy atom. The van der Waals surface area contributed by atoms with E-state index in [2.05, 4.69) is 11.9 Å². The quantitative estimate of drug-likeness (QED) is 0.218. The molecule has 1 aliphatic rings. The molecule has 0 bridgehead atoms. The van der Waals surface area contributed by atoms with Crippen molar-refractivity contribution in [2.45, 2.75) is 39.3 Å². The molecule has 1 aliphatic heterocycles. The summed E-state index contributed by atoms with van der Waals surface area (Å²) in [5.74, 6) is -0.847. The van der Waals surface area contributed by atoms with Gasteiger partial charge in [-0.2, -0.15) is 0 Å². The van der Waals surface area contributed by atoms with Gasteiger partial charge in [0.15, 0.2) is 0 Å². The van der Waals surface area contributed by atoms with Crippen LogP contribution in [-0.2, 0) is 16.1 Å². The third kappa shape index (κ3) is 4.86. The first-order valence-electron chi connectivity index (χ1n) is 11.5. The summed E-state index contributed by atoms with van der Waals surface area (Å²) in [5.41, 5.74) is 3.16. The molecule has 0 spiro atoms. The van der Waals surface area contributed by atoms with E-state index in [-0.39, 0.29) is 17.9 Å². The molecule has 4 rings (SSSR count). The van der Waals surface area contributed by atoms with Crippen molar-refractivity contribution in [3.63, 3.8) is 0 Å². The van der Waals surface area contributed by atoms with Gasteiger partial charge in [-0.3, -0.25) is 14.6 Å². The summed E-state index contributed by atoms with van der Waals surface area (Å²) in [5, 5.41) is 11.2. The van der Waals surface area contributed by atoms with Crippen molar-refractivity contribution in [2.75, 3.05) is 6.61 Å². The number of hydrogen-bond donors (Lipinski definition) is 1. The van der Waals surface area contributed by atoms with E-state index in [1.165, 1.54) is 4.90 Å². The van der Waals surface area contributed by atoms with Crippen LogP contribution in [0.15, 0.2) is 78.6 Å². The molecule has 1 fully saturated rings. The third-order valence-electron chi connectivity index (χ3n) is 5.90. The van der Waals surface area contributed by atoms with Crippen molar-refractivity contribution in [1.29, 1.82) is 0 Å². The molecule has 1 atom stereocenters. The highest BCUT2D eigenvalue weighted by molar-refractivity contribution is 6.46. The van der Waals surface area contributed by atoms with Crippen molar-refractivity contribution >= 4 is 17.4 Å². The summed E-state index contributed by atoms with van der Waals surface area (Å²) >= 11 is 0. The van der Waals surface area contributed by atoms with Crippen LogP contribution in [0.4, 0.5) is 0 Å². The topological polar surface area (TPSA) is 79.7 Å². The molecule has 6 nitrogen and oxygen atoms in total. The van der Waals surface area contributed by atoms with Crippen LogP contribution in [0.2, 0.25) is 0 Å². The van der Waals surface area contributed by atoms with Crippen molar-refractivity contribution in [2.24, 2.45) is 0 Å². The minimum atomic E-state index is -0.707. The van der Waals surface area contributed by atoms with Crippen molar-refractivity contribution < 1.29 is 19.4 Å².